The Labute approximate surface area is 280 Å². The second-order valence-electron chi connectivity index (χ2n) is 11.6. The molecule has 7 atom stereocenters. The zero-order valence-corrected chi connectivity index (χ0v) is 25.5. The molecule has 0 amide bonds. The van der Waals surface area contributed by atoms with E-state index in [1.165, 1.54) is 12.3 Å². The SMILES string of the molecule is O=C(O[C@@H]1Cc2c(O)cc(O)cc2O[C@@H]1c1cc(O)c(O)c(O)c1)c1cc(O)c(OCc2cn([C@H]3O[C@H](CO)[C@@H](O)[C@H](O)[C@H]3O)nn2)c(O)c1. The number of aliphatic hydroxyl groups excluding tert-OH is 4. The molecule has 266 valence electrons. The number of carbonyl (C=O) groups is 1. The number of rotatable bonds is 8. The van der Waals surface area contributed by atoms with Gasteiger partial charge in [-0.25, -0.2) is 9.48 Å². The van der Waals surface area contributed by atoms with Gasteiger partial charge in [-0.1, -0.05) is 5.21 Å². The van der Waals surface area contributed by atoms with Crippen LogP contribution in [0.4, 0.5) is 0 Å². The largest absolute Gasteiger partial charge is 0.508 e. The molecule has 2 aliphatic heterocycles. The summed E-state index contributed by atoms with van der Waals surface area (Å²) in [6.45, 7) is -1.06. The predicted octanol–water partition coefficient (Wildman–Crippen LogP) is -0.330. The molecule has 11 N–H and O–H groups in total. The van der Waals surface area contributed by atoms with E-state index in [-0.39, 0.29) is 46.1 Å². The van der Waals surface area contributed by atoms with Crippen LogP contribution in [0.5, 0.6) is 51.7 Å². The summed E-state index contributed by atoms with van der Waals surface area (Å²) < 4.78 is 23.5. The molecule has 0 radical (unpaired) electrons. The van der Waals surface area contributed by atoms with E-state index in [1.807, 2.05) is 0 Å². The molecule has 19 heteroatoms. The van der Waals surface area contributed by atoms with Gasteiger partial charge in [0.15, 0.2) is 41.1 Å². The molecule has 0 aliphatic carbocycles. The second kappa shape index (κ2) is 13.3. The number of hydrogen-bond acceptors (Lipinski definition) is 18. The van der Waals surface area contributed by atoms with E-state index in [9.17, 15) is 61.0 Å². The van der Waals surface area contributed by atoms with Crippen molar-refractivity contribution in [2.75, 3.05) is 6.61 Å². The maximum atomic E-state index is 13.3. The number of phenols is 7. The highest BCUT2D eigenvalue weighted by atomic mass is 16.6. The Kier molecular flexibility index (Phi) is 9.08. The number of ether oxygens (including phenoxy) is 4. The van der Waals surface area contributed by atoms with E-state index in [1.54, 1.807) is 0 Å². The average Bonchev–Trinajstić information content (AvgIpc) is 3.54. The third-order valence-electron chi connectivity index (χ3n) is 8.18. The minimum absolute atomic E-state index is 0.0110. The van der Waals surface area contributed by atoms with Crippen LogP contribution in [-0.2, 0) is 22.5 Å². The number of benzene rings is 3. The number of carbonyl (C=O) groups excluding carboxylic acids is 1. The summed E-state index contributed by atoms with van der Waals surface area (Å²) in [6, 6.07) is 6.22. The highest BCUT2D eigenvalue weighted by molar-refractivity contribution is 5.91. The Balaban J connectivity index is 1.18. The molecule has 1 fully saturated rings. The van der Waals surface area contributed by atoms with Gasteiger partial charge in [-0.15, -0.1) is 5.10 Å². The molecule has 0 unspecified atom stereocenters. The average molecular weight is 702 g/mol. The van der Waals surface area contributed by atoms with E-state index in [2.05, 4.69) is 10.3 Å². The van der Waals surface area contributed by atoms with Crippen LogP contribution in [0.2, 0.25) is 0 Å². The van der Waals surface area contributed by atoms with Gasteiger partial charge in [0, 0.05) is 29.7 Å². The highest BCUT2D eigenvalue weighted by Crippen LogP contribution is 2.46. The number of hydrogen-bond donors (Lipinski definition) is 11. The first kappa shape index (κ1) is 34.1. The van der Waals surface area contributed by atoms with Gasteiger partial charge in [0.05, 0.1) is 18.4 Å². The number of aliphatic hydroxyl groups is 4. The van der Waals surface area contributed by atoms with Crippen LogP contribution in [0, 0.1) is 0 Å². The predicted molar refractivity (Wildman–Crippen MR) is 161 cm³/mol. The van der Waals surface area contributed by atoms with Crippen LogP contribution in [-0.4, -0.2) is 114 Å². The second-order valence-corrected chi connectivity index (χ2v) is 11.6. The molecule has 3 aromatic carbocycles. The van der Waals surface area contributed by atoms with Crippen molar-refractivity contribution in [2.45, 2.75) is 55.9 Å². The molecule has 0 bridgehead atoms. The van der Waals surface area contributed by atoms with Gasteiger partial charge in [0.1, 0.15) is 60.1 Å². The molecule has 1 aromatic heterocycles. The lowest BCUT2D eigenvalue weighted by Crippen LogP contribution is -2.56. The molecular weight excluding hydrogens is 670 g/mol. The molecule has 0 spiro atoms. The lowest BCUT2D eigenvalue weighted by molar-refractivity contribution is -0.254. The molecule has 6 rings (SSSR count). The first-order valence-electron chi connectivity index (χ1n) is 14.8. The molecule has 50 heavy (non-hydrogen) atoms. The summed E-state index contributed by atoms with van der Waals surface area (Å²) in [7, 11) is 0. The van der Waals surface area contributed by atoms with Crippen LogP contribution in [0.15, 0.2) is 42.6 Å². The number of fused-ring (bicyclic) bond motifs is 1. The van der Waals surface area contributed by atoms with Crippen LogP contribution in [0.3, 0.4) is 0 Å². The van der Waals surface area contributed by atoms with Crippen molar-refractivity contribution >= 4 is 5.97 Å². The maximum Gasteiger partial charge on any atom is 0.338 e. The van der Waals surface area contributed by atoms with Gasteiger partial charge in [-0.2, -0.15) is 0 Å². The quantitative estimate of drug-likeness (QED) is 0.0827. The van der Waals surface area contributed by atoms with Crippen molar-refractivity contribution in [3.05, 3.63) is 65.0 Å². The first-order chi connectivity index (χ1) is 23.7. The lowest BCUT2D eigenvalue weighted by Gasteiger charge is -2.39. The lowest BCUT2D eigenvalue weighted by atomic mass is 9.93. The topological polar surface area (TPSA) is 307 Å². The summed E-state index contributed by atoms with van der Waals surface area (Å²) in [5.74, 6) is -5.85. The number of nitrogens with zero attached hydrogens (tertiary/aromatic N) is 3. The number of phenolic OH excluding ortho intramolecular Hbond substituents is 7. The molecular formula is C31H31N3O16. The number of esters is 1. The van der Waals surface area contributed by atoms with Gasteiger partial charge >= 0.3 is 5.97 Å². The van der Waals surface area contributed by atoms with Crippen molar-refractivity contribution in [3.63, 3.8) is 0 Å². The van der Waals surface area contributed by atoms with Gasteiger partial charge < -0.3 is 75.1 Å². The Hall–Kier alpha value is -5.73. The van der Waals surface area contributed by atoms with Gasteiger partial charge in [-0.3, -0.25) is 0 Å². The van der Waals surface area contributed by atoms with Gasteiger partial charge in [0.25, 0.3) is 0 Å². The van der Waals surface area contributed by atoms with Gasteiger partial charge in [-0.05, 0) is 24.3 Å². The first-order valence-corrected chi connectivity index (χ1v) is 14.8. The molecule has 1 saturated heterocycles. The fraction of sp³-hybridized carbons (Fsp3) is 0.323. The van der Waals surface area contributed by atoms with Crippen molar-refractivity contribution in [1.29, 1.82) is 0 Å². The Bertz CT molecular complexity index is 1870. The van der Waals surface area contributed by atoms with E-state index < -0.39 is 96.5 Å². The minimum atomic E-state index is -1.66. The van der Waals surface area contributed by atoms with E-state index in [4.69, 9.17) is 18.9 Å². The highest BCUT2D eigenvalue weighted by Gasteiger charge is 2.45. The third kappa shape index (κ3) is 6.37. The third-order valence-corrected chi connectivity index (χ3v) is 8.18. The molecule has 19 nitrogen and oxygen atoms in total. The van der Waals surface area contributed by atoms with Crippen molar-refractivity contribution < 1.29 is 79.9 Å². The zero-order chi connectivity index (χ0) is 36.0. The zero-order valence-electron chi connectivity index (χ0n) is 25.5. The van der Waals surface area contributed by atoms with E-state index >= 15 is 0 Å². The molecule has 3 heterocycles. The molecule has 2 aliphatic rings. The van der Waals surface area contributed by atoms with Crippen LogP contribution in [0.25, 0.3) is 0 Å². The van der Waals surface area contributed by atoms with Crippen molar-refractivity contribution in [2.24, 2.45) is 0 Å². The normalized spacial score (nSPS) is 24.6. The van der Waals surface area contributed by atoms with Crippen molar-refractivity contribution in [3.8, 4) is 51.7 Å². The minimum Gasteiger partial charge on any atom is -0.508 e. The smallest absolute Gasteiger partial charge is 0.338 e. The fourth-order valence-corrected chi connectivity index (χ4v) is 5.64. The van der Waals surface area contributed by atoms with Crippen LogP contribution in [0.1, 0.15) is 39.5 Å². The summed E-state index contributed by atoms with van der Waals surface area (Å²) in [5, 5.41) is 119. The summed E-state index contributed by atoms with van der Waals surface area (Å²) in [4.78, 5) is 13.3. The monoisotopic (exact) mass is 701 g/mol. The Morgan fingerprint density at radius 3 is 2.20 bits per heavy atom. The molecule has 0 saturated carbocycles. The van der Waals surface area contributed by atoms with Crippen LogP contribution >= 0.6 is 0 Å². The van der Waals surface area contributed by atoms with Crippen LogP contribution < -0.4 is 9.47 Å². The van der Waals surface area contributed by atoms with Gasteiger partial charge in [0.2, 0.25) is 5.75 Å². The maximum absolute atomic E-state index is 13.3. The summed E-state index contributed by atoms with van der Waals surface area (Å²) >= 11 is 0. The standard InChI is InChI=1S/C31H31N3O16/c35-9-23-25(43)26(44)27(45)30(49-23)34-8-13(32-33-34)10-47-29-19(40)3-12(4-20(29)41)31(46)50-22-7-15-16(37)5-14(36)6-21(15)48-28(22)11-1-17(38)24(42)18(39)2-11/h1-6,8,22-23,25-28,30,35-45H,7,9-10H2/t22-,23-,25-,26+,27-,28-,30+/m1/s1. The summed E-state index contributed by atoms with van der Waals surface area (Å²) in [5.41, 5.74) is -0.0588. The Morgan fingerprint density at radius 2 is 1.54 bits per heavy atom. The molecule has 4 aromatic rings. The van der Waals surface area contributed by atoms with E-state index in [0.717, 1.165) is 35.0 Å². The number of aromatic hydroxyl groups is 7. The summed E-state index contributed by atoms with van der Waals surface area (Å²) in [6.07, 6.45) is -8.85. The van der Waals surface area contributed by atoms with E-state index in [0.29, 0.717) is 0 Å². The van der Waals surface area contributed by atoms with Crippen molar-refractivity contribution in [1.82, 2.24) is 15.0 Å². The Morgan fingerprint density at radius 1 is 0.860 bits per heavy atom. The number of aromatic nitrogens is 3. The fourth-order valence-electron chi connectivity index (χ4n) is 5.64.